The Morgan fingerprint density at radius 3 is 2.56 bits per heavy atom. The van der Waals surface area contributed by atoms with Crippen LogP contribution in [-0.2, 0) is 9.84 Å². The number of aromatic nitrogens is 3. The van der Waals surface area contributed by atoms with Gasteiger partial charge in [0.05, 0.1) is 4.90 Å². The second-order valence-corrected chi connectivity index (χ2v) is 11.1. The molecule has 36 heavy (non-hydrogen) atoms. The van der Waals surface area contributed by atoms with Gasteiger partial charge in [0, 0.05) is 74.2 Å². The first-order chi connectivity index (χ1) is 17.3. The van der Waals surface area contributed by atoms with Crippen LogP contribution in [0.25, 0.3) is 16.7 Å². The molecule has 1 fully saturated rings. The number of hydrogen-bond donors (Lipinski definition) is 1. The molecule has 188 valence electrons. The molecule has 0 spiro atoms. The summed E-state index contributed by atoms with van der Waals surface area (Å²) >= 11 is 0. The van der Waals surface area contributed by atoms with Gasteiger partial charge in [-0.15, -0.1) is 0 Å². The quantitative estimate of drug-likeness (QED) is 0.390. The minimum Gasteiger partial charge on any atom is -0.492 e. The second kappa shape index (κ2) is 10.3. The summed E-state index contributed by atoms with van der Waals surface area (Å²) in [5, 5.41) is 4.15. The third kappa shape index (κ3) is 5.67. The van der Waals surface area contributed by atoms with Gasteiger partial charge in [0.25, 0.3) is 0 Å². The maximum absolute atomic E-state index is 11.8. The van der Waals surface area contributed by atoms with E-state index in [2.05, 4.69) is 27.1 Å². The lowest BCUT2D eigenvalue weighted by molar-refractivity contribution is 0.134. The number of rotatable bonds is 8. The molecule has 0 atom stereocenters. The van der Waals surface area contributed by atoms with E-state index in [0.29, 0.717) is 12.6 Å². The van der Waals surface area contributed by atoms with E-state index in [9.17, 15) is 8.42 Å². The Hall–Kier alpha value is -3.47. The molecule has 5 rings (SSSR count). The van der Waals surface area contributed by atoms with Crippen LogP contribution in [0, 0.1) is 0 Å². The van der Waals surface area contributed by atoms with Crippen molar-refractivity contribution in [3.63, 3.8) is 0 Å². The van der Waals surface area contributed by atoms with Gasteiger partial charge in [-0.2, -0.15) is 4.98 Å². The Morgan fingerprint density at radius 1 is 1.03 bits per heavy atom. The van der Waals surface area contributed by atoms with E-state index >= 15 is 0 Å². The minimum atomic E-state index is -3.25. The van der Waals surface area contributed by atoms with Crippen molar-refractivity contribution in [1.82, 2.24) is 24.3 Å². The summed E-state index contributed by atoms with van der Waals surface area (Å²) in [6.45, 7) is 5.89. The Labute approximate surface area is 211 Å². The highest BCUT2D eigenvalue weighted by Crippen LogP contribution is 2.24. The highest BCUT2D eigenvalue weighted by Gasteiger charge is 2.14. The van der Waals surface area contributed by atoms with Crippen LogP contribution in [0.1, 0.15) is 0 Å². The molecule has 1 N–H and O–H groups in total. The van der Waals surface area contributed by atoms with Gasteiger partial charge < -0.3 is 19.5 Å². The molecule has 0 unspecified atom stereocenters. The highest BCUT2D eigenvalue weighted by molar-refractivity contribution is 7.90. The number of likely N-dealkylation sites (N-methyl/N-ethyl adjacent to an activating group) is 1. The molecule has 1 aliphatic rings. The maximum Gasteiger partial charge on any atom is 0.229 e. The van der Waals surface area contributed by atoms with Crippen molar-refractivity contribution in [2.24, 2.45) is 0 Å². The van der Waals surface area contributed by atoms with E-state index < -0.39 is 9.84 Å². The summed E-state index contributed by atoms with van der Waals surface area (Å²) in [6.07, 6.45) is 4.86. The van der Waals surface area contributed by atoms with Gasteiger partial charge in [-0.25, -0.2) is 13.4 Å². The van der Waals surface area contributed by atoms with Crippen molar-refractivity contribution in [1.29, 1.82) is 0 Å². The summed E-state index contributed by atoms with van der Waals surface area (Å²) in [5.74, 6) is 1.26. The Morgan fingerprint density at radius 2 is 1.81 bits per heavy atom. The lowest BCUT2D eigenvalue weighted by Gasteiger charge is -2.32. The number of piperazine rings is 1. The van der Waals surface area contributed by atoms with Crippen molar-refractivity contribution in [2.75, 3.05) is 58.0 Å². The van der Waals surface area contributed by atoms with Gasteiger partial charge >= 0.3 is 0 Å². The molecular formula is C26H30N6O3S. The lowest BCUT2D eigenvalue weighted by Crippen LogP contribution is -2.45. The van der Waals surface area contributed by atoms with E-state index in [0.717, 1.165) is 60.9 Å². The zero-order valence-corrected chi connectivity index (χ0v) is 21.3. The molecule has 3 heterocycles. The van der Waals surface area contributed by atoms with E-state index in [1.165, 1.54) is 6.26 Å². The van der Waals surface area contributed by atoms with Crippen LogP contribution < -0.4 is 10.1 Å². The molecule has 9 nitrogen and oxygen atoms in total. The Balaban J connectivity index is 1.27. The van der Waals surface area contributed by atoms with Crippen molar-refractivity contribution >= 4 is 32.5 Å². The topological polar surface area (TPSA) is 92.6 Å². The predicted octanol–water partition coefficient (Wildman–Crippen LogP) is 3.19. The fourth-order valence-corrected chi connectivity index (χ4v) is 4.83. The molecule has 2 aromatic heterocycles. The molecule has 2 aromatic carbocycles. The van der Waals surface area contributed by atoms with Gasteiger partial charge in [0.1, 0.15) is 18.0 Å². The summed E-state index contributed by atoms with van der Waals surface area (Å²) in [6, 6.07) is 16.5. The monoisotopic (exact) mass is 506 g/mol. The van der Waals surface area contributed by atoms with Crippen LogP contribution in [0.4, 0.5) is 11.6 Å². The molecule has 1 saturated heterocycles. The lowest BCUT2D eigenvalue weighted by atomic mass is 10.3. The van der Waals surface area contributed by atoms with Gasteiger partial charge in [-0.05, 0) is 49.5 Å². The number of ether oxygens (including phenoxy) is 1. The first-order valence-corrected chi connectivity index (χ1v) is 13.8. The average Bonchev–Trinajstić information content (AvgIpc) is 3.28. The number of nitrogens with one attached hydrogen (secondary N) is 1. The predicted molar refractivity (Wildman–Crippen MR) is 141 cm³/mol. The van der Waals surface area contributed by atoms with E-state index in [1.54, 1.807) is 30.5 Å². The standard InChI is InChI=1S/C26H30N6O3S/c1-30-12-14-31(15-13-30)16-17-35-23-5-3-4-21(18-23)28-26-27-19-20-10-11-32(25(20)29-26)22-6-8-24(9-7-22)36(2,33)34/h3-11,18-19H,12-17H2,1-2H3,(H,27,28,29). The van der Waals surface area contributed by atoms with Crippen molar-refractivity contribution in [3.05, 3.63) is 67.0 Å². The maximum atomic E-state index is 11.8. The highest BCUT2D eigenvalue weighted by atomic mass is 32.2. The molecule has 0 aliphatic carbocycles. The molecule has 0 radical (unpaired) electrons. The number of nitrogens with zero attached hydrogens (tertiary/aromatic N) is 5. The molecule has 0 amide bonds. The zero-order chi connectivity index (χ0) is 25.1. The Bertz CT molecular complexity index is 1440. The normalized spacial score (nSPS) is 15.3. The molecule has 0 saturated carbocycles. The summed E-state index contributed by atoms with van der Waals surface area (Å²) in [5.41, 5.74) is 2.37. The summed E-state index contributed by atoms with van der Waals surface area (Å²) < 4.78 is 31.5. The van der Waals surface area contributed by atoms with Crippen LogP contribution in [0.3, 0.4) is 0 Å². The number of anilines is 2. The molecule has 10 heteroatoms. The van der Waals surface area contributed by atoms with Crippen LogP contribution >= 0.6 is 0 Å². The molecular weight excluding hydrogens is 476 g/mol. The number of benzene rings is 2. The smallest absolute Gasteiger partial charge is 0.229 e. The molecule has 0 bridgehead atoms. The SMILES string of the molecule is CN1CCN(CCOc2cccc(Nc3ncc4ccn(-c5ccc(S(C)(=O)=O)cc5)c4n3)c2)CC1. The fourth-order valence-electron chi connectivity index (χ4n) is 4.20. The van der Waals surface area contributed by atoms with Gasteiger partial charge in [0.15, 0.2) is 9.84 Å². The Kier molecular flexibility index (Phi) is 6.90. The van der Waals surface area contributed by atoms with E-state index in [4.69, 9.17) is 9.72 Å². The average molecular weight is 507 g/mol. The largest absolute Gasteiger partial charge is 0.492 e. The first kappa shape index (κ1) is 24.2. The molecule has 4 aromatic rings. The molecule has 1 aliphatic heterocycles. The summed E-state index contributed by atoms with van der Waals surface area (Å²) in [7, 11) is -1.09. The van der Waals surface area contributed by atoms with Gasteiger partial charge in [-0.1, -0.05) is 6.07 Å². The van der Waals surface area contributed by atoms with E-state index in [1.807, 2.05) is 41.1 Å². The minimum absolute atomic E-state index is 0.283. The van der Waals surface area contributed by atoms with Crippen molar-refractivity contribution in [3.8, 4) is 11.4 Å². The van der Waals surface area contributed by atoms with Gasteiger partial charge in [-0.3, -0.25) is 4.90 Å². The van der Waals surface area contributed by atoms with Crippen molar-refractivity contribution < 1.29 is 13.2 Å². The number of hydrogen-bond acceptors (Lipinski definition) is 8. The summed E-state index contributed by atoms with van der Waals surface area (Å²) in [4.78, 5) is 14.2. The van der Waals surface area contributed by atoms with Crippen LogP contribution in [0.2, 0.25) is 0 Å². The third-order valence-electron chi connectivity index (χ3n) is 6.33. The van der Waals surface area contributed by atoms with E-state index in [-0.39, 0.29) is 4.90 Å². The van der Waals surface area contributed by atoms with Crippen LogP contribution in [0.15, 0.2) is 71.9 Å². The number of sulfone groups is 1. The zero-order valence-electron chi connectivity index (χ0n) is 20.5. The third-order valence-corrected chi connectivity index (χ3v) is 7.46. The van der Waals surface area contributed by atoms with Gasteiger partial charge in [0.2, 0.25) is 5.95 Å². The first-order valence-electron chi connectivity index (χ1n) is 11.9. The second-order valence-electron chi connectivity index (χ2n) is 9.07. The number of fused-ring (bicyclic) bond motifs is 1. The van der Waals surface area contributed by atoms with Crippen molar-refractivity contribution in [2.45, 2.75) is 4.90 Å². The van der Waals surface area contributed by atoms with Crippen LogP contribution in [-0.4, -0.2) is 85.4 Å². The van der Waals surface area contributed by atoms with Crippen LogP contribution in [0.5, 0.6) is 5.75 Å². The fraction of sp³-hybridized carbons (Fsp3) is 0.308.